The molecule has 1 aromatic rings. The SMILES string of the molecule is COCCCNC(=O)c1nn(C)c(C)c1[N+](=O)[O-]. The Labute approximate surface area is 104 Å². The van der Waals surface area contributed by atoms with Crippen LogP contribution in [0, 0.1) is 17.0 Å². The monoisotopic (exact) mass is 256 g/mol. The molecule has 100 valence electrons. The number of carbonyl (C=O) groups is 1. The number of nitrogens with one attached hydrogen (secondary N) is 1. The predicted octanol–water partition coefficient (Wildman–Crippen LogP) is 0.403. The van der Waals surface area contributed by atoms with E-state index in [2.05, 4.69) is 10.4 Å². The third-order valence-corrected chi connectivity index (χ3v) is 2.51. The topological polar surface area (TPSA) is 99.3 Å². The van der Waals surface area contributed by atoms with Crippen LogP contribution >= 0.6 is 0 Å². The van der Waals surface area contributed by atoms with Crippen LogP contribution in [0.25, 0.3) is 0 Å². The Bertz CT molecular complexity index is 455. The molecule has 0 fully saturated rings. The van der Waals surface area contributed by atoms with Gasteiger partial charge >= 0.3 is 5.69 Å². The lowest BCUT2D eigenvalue weighted by Crippen LogP contribution is -2.26. The Morgan fingerprint density at radius 1 is 1.61 bits per heavy atom. The summed E-state index contributed by atoms with van der Waals surface area (Å²) in [5.41, 5.74) is -0.0544. The maximum atomic E-state index is 11.8. The number of nitrogens with zero attached hydrogens (tertiary/aromatic N) is 3. The second-order valence-electron chi connectivity index (χ2n) is 3.77. The predicted molar refractivity (Wildman–Crippen MR) is 63.4 cm³/mol. The molecule has 0 saturated heterocycles. The molecule has 1 rings (SSSR count). The maximum absolute atomic E-state index is 11.8. The van der Waals surface area contributed by atoms with Gasteiger partial charge in [-0.2, -0.15) is 5.10 Å². The fraction of sp³-hybridized carbons (Fsp3) is 0.600. The van der Waals surface area contributed by atoms with Gasteiger partial charge in [-0.05, 0) is 13.3 Å². The molecule has 0 bridgehead atoms. The smallest absolute Gasteiger partial charge is 0.322 e. The van der Waals surface area contributed by atoms with Gasteiger partial charge in [-0.25, -0.2) is 0 Å². The lowest BCUT2D eigenvalue weighted by molar-refractivity contribution is -0.385. The van der Waals surface area contributed by atoms with Gasteiger partial charge in [0.25, 0.3) is 5.91 Å². The highest BCUT2D eigenvalue weighted by molar-refractivity contribution is 5.96. The van der Waals surface area contributed by atoms with Crippen molar-refractivity contribution in [3.8, 4) is 0 Å². The minimum absolute atomic E-state index is 0.155. The van der Waals surface area contributed by atoms with Crippen LogP contribution in [0.1, 0.15) is 22.6 Å². The molecule has 0 atom stereocenters. The van der Waals surface area contributed by atoms with Gasteiger partial charge < -0.3 is 10.1 Å². The van der Waals surface area contributed by atoms with Crippen molar-refractivity contribution in [2.24, 2.45) is 7.05 Å². The zero-order chi connectivity index (χ0) is 13.7. The van der Waals surface area contributed by atoms with Gasteiger partial charge in [-0.3, -0.25) is 19.6 Å². The van der Waals surface area contributed by atoms with Crippen molar-refractivity contribution >= 4 is 11.6 Å². The van der Waals surface area contributed by atoms with Crippen molar-refractivity contribution in [3.05, 3.63) is 21.5 Å². The molecule has 18 heavy (non-hydrogen) atoms. The van der Waals surface area contributed by atoms with E-state index in [9.17, 15) is 14.9 Å². The summed E-state index contributed by atoms with van der Waals surface area (Å²) in [4.78, 5) is 22.1. The molecule has 0 aliphatic rings. The first kappa shape index (κ1) is 14.1. The normalized spacial score (nSPS) is 10.4. The molecule has 8 nitrogen and oxygen atoms in total. The van der Waals surface area contributed by atoms with Gasteiger partial charge in [-0.15, -0.1) is 0 Å². The molecule has 0 spiro atoms. The highest BCUT2D eigenvalue weighted by atomic mass is 16.6. The average molecular weight is 256 g/mol. The lowest BCUT2D eigenvalue weighted by atomic mass is 10.3. The summed E-state index contributed by atoms with van der Waals surface area (Å²) in [6, 6.07) is 0. The number of ether oxygens (including phenoxy) is 1. The van der Waals surface area contributed by atoms with Gasteiger partial charge in [0.2, 0.25) is 5.69 Å². The van der Waals surface area contributed by atoms with Crippen molar-refractivity contribution < 1.29 is 14.5 Å². The summed E-state index contributed by atoms with van der Waals surface area (Å²) < 4.78 is 6.16. The van der Waals surface area contributed by atoms with Crippen LogP contribution in [0.2, 0.25) is 0 Å². The molecular formula is C10H16N4O4. The Kier molecular flexibility index (Phi) is 4.78. The van der Waals surface area contributed by atoms with Crippen molar-refractivity contribution in [1.82, 2.24) is 15.1 Å². The fourth-order valence-corrected chi connectivity index (χ4v) is 1.47. The van der Waals surface area contributed by atoms with Gasteiger partial charge in [0.15, 0.2) is 0 Å². The third kappa shape index (κ3) is 3.04. The molecule has 0 unspecified atom stereocenters. The maximum Gasteiger partial charge on any atom is 0.322 e. The Morgan fingerprint density at radius 3 is 2.83 bits per heavy atom. The largest absolute Gasteiger partial charge is 0.385 e. The summed E-state index contributed by atoms with van der Waals surface area (Å²) in [7, 11) is 3.12. The van der Waals surface area contributed by atoms with Crippen molar-refractivity contribution in [2.45, 2.75) is 13.3 Å². The summed E-state index contributed by atoms with van der Waals surface area (Å²) in [6.45, 7) is 2.45. The molecule has 0 aliphatic heterocycles. The average Bonchev–Trinajstić information content (AvgIpc) is 2.61. The van der Waals surface area contributed by atoms with E-state index in [4.69, 9.17) is 4.74 Å². The van der Waals surface area contributed by atoms with E-state index in [1.807, 2.05) is 0 Å². The summed E-state index contributed by atoms with van der Waals surface area (Å²) in [6.07, 6.45) is 0.641. The quantitative estimate of drug-likeness (QED) is 0.451. The van der Waals surface area contributed by atoms with E-state index in [1.54, 1.807) is 21.1 Å². The Morgan fingerprint density at radius 2 is 2.28 bits per heavy atom. The van der Waals surface area contributed by atoms with Crippen LogP contribution in [0.4, 0.5) is 5.69 Å². The van der Waals surface area contributed by atoms with Gasteiger partial charge in [0.05, 0.1) is 4.92 Å². The van der Waals surface area contributed by atoms with E-state index in [0.717, 1.165) is 0 Å². The van der Waals surface area contributed by atoms with E-state index in [-0.39, 0.29) is 11.4 Å². The second kappa shape index (κ2) is 6.10. The molecule has 1 heterocycles. The highest BCUT2D eigenvalue weighted by Gasteiger charge is 2.28. The first-order valence-electron chi connectivity index (χ1n) is 5.44. The molecule has 1 amide bonds. The molecule has 1 aromatic heterocycles. The second-order valence-corrected chi connectivity index (χ2v) is 3.77. The number of aromatic nitrogens is 2. The fourth-order valence-electron chi connectivity index (χ4n) is 1.47. The summed E-state index contributed by atoms with van der Waals surface area (Å²) in [5, 5.41) is 17.3. The minimum Gasteiger partial charge on any atom is -0.385 e. The minimum atomic E-state index is -0.591. The van der Waals surface area contributed by atoms with Crippen LogP contribution in [-0.4, -0.2) is 40.9 Å². The van der Waals surface area contributed by atoms with E-state index < -0.39 is 10.8 Å². The first-order chi connectivity index (χ1) is 8.49. The third-order valence-electron chi connectivity index (χ3n) is 2.51. The number of hydrogen-bond donors (Lipinski definition) is 1. The van der Waals surface area contributed by atoms with Crippen LogP contribution in [0.3, 0.4) is 0 Å². The number of amides is 1. The molecule has 0 radical (unpaired) electrons. The number of methoxy groups -OCH3 is 1. The molecular weight excluding hydrogens is 240 g/mol. The molecule has 8 heteroatoms. The highest BCUT2D eigenvalue weighted by Crippen LogP contribution is 2.21. The summed E-state index contributed by atoms with van der Waals surface area (Å²) >= 11 is 0. The number of nitro groups is 1. The zero-order valence-electron chi connectivity index (χ0n) is 10.6. The van der Waals surface area contributed by atoms with E-state index in [1.165, 1.54) is 4.68 Å². The zero-order valence-corrected chi connectivity index (χ0v) is 10.6. The van der Waals surface area contributed by atoms with Crippen LogP contribution in [0.5, 0.6) is 0 Å². The van der Waals surface area contributed by atoms with Gasteiger partial charge in [0.1, 0.15) is 5.69 Å². The van der Waals surface area contributed by atoms with Crippen molar-refractivity contribution in [2.75, 3.05) is 20.3 Å². The number of aryl methyl sites for hydroxylation is 1. The van der Waals surface area contributed by atoms with E-state index in [0.29, 0.717) is 25.3 Å². The van der Waals surface area contributed by atoms with Crippen molar-refractivity contribution in [1.29, 1.82) is 0 Å². The molecule has 1 N–H and O–H groups in total. The van der Waals surface area contributed by atoms with Crippen LogP contribution in [0.15, 0.2) is 0 Å². The number of carbonyl (C=O) groups excluding carboxylic acids is 1. The van der Waals surface area contributed by atoms with Gasteiger partial charge in [0, 0.05) is 27.3 Å². The molecule has 0 aliphatic carbocycles. The van der Waals surface area contributed by atoms with Crippen LogP contribution in [-0.2, 0) is 11.8 Å². The van der Waals surface area contributed by atoms with Crippen molar-refractivity contribution in [3.63, 3.8) is 0 Å². The first-order valence-corrected chi connectivity index (χ1v) is 5.44. The Balaban J connectivity index is 2.79. The molecule has 0 aromatic carbocycles. The van der Waals surface area contributed by atoms with E-state index >= 15 is 0 Å². The number of hydrogen-bond acceptors (Lipinski definition) is 5. The van der Waals surface area contributed by atoms with Crippen LogP contribution < -0.4 is 5.32 Å². The molecule has 0 saturated carbocycles. The Hall–Kier alpha value is -1.96. The summed E-state index contributed by atoms with van der Waals surface area (Å²) in [5.74, 6) is -0.540. The lowest BCUT2D eigenvalue weighted by Gasteiger charge is -2.02. The van der Waals surface area contributed by atoms with Gasteiger partial charge in [-0.1, -0.05) is 0 Å². The standard InChI is InChI=1S/C10H16N4O4/c1-7-9(14(16)17)8(12-13(7)2)10(15)11-5-4-6-18-3/h4-6H2,1-3H3,(H,11,15). The number of rotatable bonds is 6.